The van der Waals surface area contributed by atoms with Crippen LogP contribution in [0.15, 0.2) is 0 Å². The molecule has 0 amide bonds. The summed E-state index contributed by atoms with van der Waals surface area (Å²) in [6, 6.07) is 0. The molecule has 53 valence electrons. The van der Waals surface area contributed by atoms with Crippen molar-refractivity contribution in [1.29, 1.82) is 0 Å². The van der Waals surface area contributed by atoms with Gasteiger partial charge in [0.1, 0.15) is 0 Å². The van der Waals surface area contributed by atoms with E-state index in [4.69, 9.17) is 0 Å². The lowest BCUT2D eigenvalue weighted by molar-refractivity contribution is 0.165. The van der Waals surface area contributed by atoms with Crippen LogP contribution in [0.25, 0.3) is 0 Å². The van der Waals surface area contributed by atoms with Gasteiger partial charge in [-0.3, -0.25) is 0 Å². The Morgan fingerprint density at radius 2 is 2.22 bits per heavy atom. The highest BCUT2D eigenvalue weighted by atomic mass is 79.9. The molecule has 0 spiro atoms. The first-order valence-electron chi connectivity index (χ1n) is 3.47. The van der Waals surface area contributed by atoms with Crippen LogP contribution in [0.2, 0.25) is 0 Å². The molecule has 0 aromatic heterocycles. The zero-order valence-corrected chi connectivity index (χ0v) is 7.02. The van der Waals surface area contributed by atoms with Crippen molar-refractivity contribution in [3.8, 4) is 0 Å². The van der Waals surface area contributed by atoms with Crippen LogP contribution in [0, 0.1) is 4.83 Å². The first-order valence-corrected chi connectivity index (χ1v) is 4.26. The monoisotopic (exact) mass is 191 g/mol. The number of halogens is 1. The molecule has 0 heterocycles. The topological polar surface area (TPSA) is 20.2 Å². The van der Waals surface area contributed by atoms with Gasteiger partial charge in [0.25, 0.3) is 0 Å². The summed E-state index contributed by atoms with van der Waals surface area (Å²) in [5.41, 5.74) is 0. The maximum Gasteiger partial charge on any atom is 0.0554 e. The lowest BCUT2D eigenvalue weighted by Gasteiger charge is -2.06. The maximum atomic E-state index is 9.21. The van der Waals surface area contributed by atoms with Gasteiger partial charge in [-0.25, -0.2) is 0 Å². The Morgan fingerprint density at radius 3 is 3.00 bits per heavy atom. The molecule has 1 N–H and O–H groups in total. The van der Waals surface area contributed by atoms with Gasteiger partial charge in [0.05, 0.1) is 6.10 Å². The van der Waals surface area contributed by atoms with Gasteiger partial charge in [-0.1, -0.05) is 28.8 Å². The molecule has 0 aromatic carbocycles. The fraction of sp³-hybridized carbons (Fsp3) is 0.857. The Hall–Kier alpha value is 0.440. The Bertz CT molecular complexity index is 75.0. The third-order valence-corrected chi connectivity index (χ3v) is 2.41. The molecule has 0 aliphatic heterocycles. The highest BCUT2D eigenvalue weighted by Gasteiger charge is 2.15. The van der Waals surface area contributed by atoms with E-state index in [0.29, 0.717) is 0 Å². The first-order chi connectivity index (χ1) is 4.29. The summed E-state index contributed by atoms with van der Waals surface area (Å²) in [6.07, 6.45) is 5.32. The molecule has 0 aromatic rings. The molecule has 1 saturated carbocycles. The van der Waals surface area contributed by atoms with Gasteiger partial charge in [0.2, 0.25) is 0 Å². The number of hydrogen-bond donors (Lipinski definition) is 1. The summed E-state index contributed by atoms with van der Waals surface area (Å²) in [7, 11) is 0. The van der Waals surface area contributed by atoms with Crippen molar-refractivity contribution >= 4 is 15.9 Å². The second-order valence-corrected chi connectivity index (χ2v) is 3.74. The van der Waals surface area contributed by atoms with Crippen molar-refractivity contribution in [3.05, 3.63) is 4.83 Å². The van der Waals surface area contributed by atoms with E-state index in [0.717, 1.165) is 19.3 Å². The molecule has 0 saturated heterocycles. The summed E-state index contributed by atoms with van der Waals surface area (Å²) in [4.78, 5) is 1.28. The number of aliphatic hydroxyl groups is 1. The predicted octanol–water partition coefficient (Wildman–Crippen LogP) is 2.24. The fourth-order valence-corrected chi connectivity index (χ4v) is 1.81. The molecule has 1 nitrogen and oxygen atoms in total. The Morgan fingerprint density at radius 1 is 1.44 bits per heavy atom. The average molecular weight is 192 g/mol. The van der Waals surface area contributed by atoms with Crippen LogP contribution in [0.4, 0.5) is 0 Å². The molecule has 1 rings (SSSR count). The summed E-state index contributed by atoms with van der Waals surface area (Å²) in [5, 5.41) is 9.21. The minimum absolute atomic E-state index is 0.0816. The quantitative estimate of drug-likeness (QED) is 0.583. The zero-order valence-electron chi connectivity index (χ0n) is 5.44. The number of hydrogen-bond acceptors (Lipinski definition) is 1. The largest absolute Gasteiger partial charge is 0.393 e. The maximum absolute atomic E-state index is 9.21. The molecule has 1 unspecified atom stereocenters. The number of aliphatic hydroxyl groups excluding tert-OH is 1. The van der Waals surface area contributed by atoms with Gasteiger partial charge < -0.3 is 5.11 Å². The van der Waals surface area contributed by atoms with Crippen LogP contribution in [0.3, 0.4) is 0 Å². The van der Waals surface area contributed by atoms with E-state index >= 15 is 0 Å². The lowest BCUT2D eigenvalue weighted by Crippen LogP contribution is -2.05. The van der Waals surface area contributed by atoms with E-state index in [9.17, 15) is 5.11 Å². The molecule has 9 heavy (non-hydrogen) atoms. The van der Waals surface area contributed by atoms with Crippen molar-refractivity contribution in [2.45, 2.75) is 38.2 Å². The van der Waals surface area contributed by atoms with Gasteiger partial charge in [-0.05, 0) is 19.3 Å². The Labute approximate surface area is 64.6 Å². The van der Waals surface area contributed by atoms with Gasteiger partial charge in [-0.2, -0.15) is 0 Å². The normalized spacial score (nSPS) is 32.0. The third-order valence-electron chi connectivity index (χ3n) is 1.69. The van der Waals surface area contributed by atoms with Crippen molar-refractivity contribution in [2.75, 3.05) is 0 Å². The minimum Gasteiger partial charge on any atom is -0.393 e. The van der Waals surface area contributed by atoms with Crippen molar-refractivity contribution in [3.63, 3.8) is 0 Å². The molecule has 1 atom stereocenters. The molecule has 1 aliphatic carbocycles. The van der Waals surface area contributed by atoms with Crippen LogP contribution in [-0.2, 0) is 0 Å². The summed E-state index contributed by atoms with van der Waals surface area (Å²) < 4.78 is 0. The minimum atomic E-state index is -0.0816. The molecule has 1 fully saturated rings. The molecule has 1 aliphatic rings. The number of rotatable bonds is 0. The molecule has 2 heteroatoms. The van der Waals surface area contributed by atoms with Crippen LogP contribution in [0.1, 0.15) is 32.1 Å². The smallest absolute Gasteiger partial charge is 0.0554 e. The third kappa shape index (κ3) is 2.67. The summed E-state index contributed by atoms with van der Waals surface area (Å²) in [6.45, 7) is 0. The molecule has 0 bridgehead atoms. The van der Waals surface area contributed by atoms with E-state index in [1.165, 1.54) is 17.7 Å². The predicted molar refractivity (Wildman–Crippen MR) is 41.3 cm³/mol. The van der Waals surface area contributed by atoms with Crippen LogP contribution >= 0.6 is 15.9 Å². The van der Waals surface area contributed by atoms with Crippen LogP contribution < -0.4 is 0 Å². The second-order valence-electron chi connectivity index (χ2n) is 2.62. The summed E-state index contributed by atoms with van der Waals surface area (Å²) in [5.74, 6) is 0. The molecular weight excluding hydrogens is 180 g/mol. The van der Waals surface area contributed by atoms with E-state index in [1.807, 2.05) is 0 Å². The van der Waals surface area contributed by atoms with E-state index in [1.54, 1.807) is 0 Å². The van der Waals surface area contributed by atoms with E-state index < -0.39 is 0 Å². The Balaban J connectivity index is 2.29. The van der Waals surface area contributed by atoms with Crippen molar-refractivity contribution in [2.24, 2.45) is 0 Å². The highest BCUT2D eigenvalue weighted by molar-refractivity contribution is 9.11. The SMILES string of the molecule is OC1CCCC[C](Br)C1. The second kappa shape index (κ2) is 3.57. The van der Waals surface area contributed by atoms with E-state index in [2.05, 4.69) is 15.9 Å². The van der Waals surface area contributed by atoms with Crippen LogP contribution in [0.5, 0.6) is 0 Å². The van der Waals surface area contributed by atoms with Crippen LogP contribution in [-0.4, -0.2) is 11.2 Å². The standard InChI is InChI=1S/C7H12BrO/c8-6-3-1-2-4-7(9)5-6/h7,9H,1-5H2. The molecular formula is C7H12BrO. The van der Waals surface area contributed by atoms with Crippen molar-refractivity contribution < 1.29 is 5.11 Å². The fourth-order valence-electron chi connectivity index (χ4n) is 1.16. The van der Waals surface area contributed by atoms with E-state index in [-0.39, 0.29) is 6.10 Å². The highest BCUT2D eigenvalue weighted by Crippen LogP contribution is 2.29. The van der Waals surface area contributed by atoms with Gasteiger partial charge in [-0.15, -0.1) is 0 Å². The average Bonchev–Trinajstić information content (AvgIpc) is 1.93. The lowest BCUT2D eigenvalue weighted by atomic mass is 10.2. The van der Waals surface area contributed by atoms with Crippen molar-refractivity contribution in [1.82, 2.24) is 0 Å². The van der Waals surface area contributed by atoms with Gasteiger partial charge >= 0.3 is 0 Å². The first kappa shape index (κ1) is 7.55. The summed E-state index contributed by atoms with van der Waals surface area (Å²) >= 11 is 3.44. The molecule has 1 radical (unpaired) electrons. The Kier molecular flexibility index (Phi) is 2.99. The zero-order chi connectivity index (χ0) is 6.69. The van der Waals surface area contributed by atoms with Gasteiger partial charge in [0.15, 0.2) is 0 Å². The van der Waals surface area contributed by atoms with Gasteiger partial charge in [0, 0.05) is 4.83 Å².